The lowest BCUT2D eigenvalue weighted by Gasteiger charge is -2.46. The van der Waals surface area contributed by atoms with E-state index in [9.17, 15) is 23.5 Å². The monoisotopic (exact) mass is 436 g/mol. The zero-order valence-electron chi connectivity index (χ0n) is 16.0. The maximum absolute atomic E-state index is 15.7. The number of anilines is 2. The van der Waals surface area contributed by atoms with Crippen molar-refractivity contribution < 1.29 is 27.5 Å². The Morgan fingerprint density at radius 3 is 2.42 bits per heavy atom. The van der Waals surface area contributed by atoms with Crippen LogP contribution >= 0.6 is 0 Å². The molecule has 7 nitrogen and oxygen atoms in total. The number of benzene rings is 2. The van der Waals surface area contributed by atoms with Gasteiger partial charge < -0.3 is 26.0 Å². The van der Waals surface area contributed by atoms with E-state index in [0.717, 1.165) is 12.1 Å². The zero-order valence-corrected chi connectivity index (χ0v) is 16.0. The molecule has 0 saturated carbocycles. The highest BCUT2D eigenvalue weighted by atomic mass is 19.1. The molecule has 11 heteroatoms. The van der Waals surface area contributed by atoms with Crippen LogP contribution in [0.4, 0.5) is 28.9 Å². The van der Waals surface area contributed by atoms with Crippen LogP contribution in [0.15, 0.2) is 29.2 Å². The standard InChI is InChI=1S/C20H16F4N4O3/c1-7-11(25)6-27(7)18-14(23)16(26)13-17(15(18)24)28(5-9(19(13)29)20(30)31)12-3-2-8(21)4-10(12)22/h2-5,7,11H,6,25-26H2,1H3,(H,30,31)/t7-,11+/m1/s1. The van der Waals surface area contributed by atoms with E-state index in [4.69, 9.17) is 11.5 Å². The van der Waals surface area contributed by atoms with Crippen molar-refractivity contribution in [2.75, 3.05) is 17.2 Å². The second-order valence-electron chi connectivity index (χ2n) is 7.31. The normalized spacial score (nSPS) is 18.3. The SMILES string of the molecule is C[C@@H]1[C@@H](N)CN1c1c(F)c(N)c2c(=O)c(C(=O)O)cn(-c3ccc(F)cc3F)c2c1F. The van der Waals surface area contributed by atoms with Crippen molar-refractivity contribution in [2.24, 2.45) is 5.73 Å². The van der Waals surface area contributed by atoms with Crippen LogP contribution < -0.4 is 21.8 Å². The smallest absolute Gasteiger partial charge is 0.341 e. The van der Waals surface area contributed by atoms with E-state index in [2.05, 4.69) is 0 Å². The number of hydrogen-bond donors (Lipinski definition) is 3. The molecule has 5 N–H and O–H groups in total. The molecule has 162 valence electrons. The lowest BCUT2D eigenvalue weighted by molar-refractivity contribution is 0.0695. The third kappa shape index (κ3) is 2.92. The fourth-order valence-electron chi connectivity index (χ4n) is 3.73. The minimum absolute atomic E-state index is 0.0995. The fraction of sp³-hybridized carbons (Fsp3) is 0.200. The Balaban J connectivity index is 2.18. The summed E-state index contributed by atoms with van der Waals surface area (Å²) in [4.78, 5) is 25.6. The zero-order chi connectivity index (χ0) is 22.8. The van der Waals surface area contributed by atoms with Gasteiger partial charge in [0.05, 0.1) is 22.3 Å². The van der Waals surface area contributed by atoms with E-state index in [1.54, 1.807) is 6.92 Å². The van der Waals surface area contributed by atoms with Gasteiger partial charge in [-0.25, -0.2) is 22.4 Å². The summed E-state index contributed by atoms with van der Waals surface area (Å²) in [6, 6.07) is 1.48. The van der Waals surface area contributed by atoms with Gasteiger partial charge in [-0.05, 0) is 19.1 Å². The predicted molar refractivity (Wildman–Crippen MR) is 106 cm³/mol. The summed E-state index contributed by atoms with van der Waals surface area (Å²) in [7, 11) is 0. The summed E-state index contributed by atoms with van der Waals surface area (Å²) < 4.78 is 59.4. The molecular weight excluding hydrogens is 420 g/mol. The van der Waals surface area contributed by atoms with Gasteiger partial charge in [-0.2, -0.15) is 0 Å². The Labute approximate surface area is 172 Å². The first-order chi connectivity index (χ1) is 14.5. The number of nitrogens with zero attached hydrogens (tertiary/aromatic N) is 2. The lowest BCUT2D eigenvalue weighted by atomic mass is 9.96. The molecule has 2 atom stereocenters. The van der Waals surface area contributed by atoms with Crippen LogP contribution in [0.1, 0.15) is 17.3 Å². The van der Waals surface area contributed by atoms with Gasteiger partial charge in [-0.3, -0.25) is 4.79 Å². The van der Waals surface area contributed by atoms with Crippen LogP contribution in [-0.4, -0.2) is 34.3 Å². The van der Waals surface area contributed by atoms with Crippen molar-refractivity contribution in [3.63, 3.8) is 0 Å². The van der Waals surface area contributed by atoms with E-state index in [1.165, 1.54) is 4.90 Å². The van der Waals surface area contributed by atoms with Crippen molar-refractivity contribution in [2.45, 2.75) is 19.0 Å². The van der Waals surface area contributed by atoms with Crippen molar-refractivity contribution >= 4 is 28.2 Å². The van der Waals surface area contributed by atoms with E-state index < -0.39 is 74.2 Å². The molecule has 2 heterocycles. The lowest BCUT2D eigenvalue weighted by Crippen LogP contribution is -2.63. The molecule has 4 rings (SSSR count). The minimum atomic E-state index is -1.71. The quantitative estimate of drug-likeness (QED) is 0.429. The van der Waals surface area contributed by atoms with Crippen LogP contribution in [0.3, 0.4) is 0 Å². The van der Waals surface area contributed by atoms with Gasteiger partial charge in [-0.1, -0.05) is 0 Å². The summed E-state index contributed by atoms with van der Waals surface area (Å²) in [5, 5.41) is 8.61. The van der Waals surface area contributed by atoms with Crippen molar-refractivity contribution in [3.8, 4) is 5.69 Å². The average molecular weight is 436 g/mol. The number of hydrogen-bond acceptors (Lipinski definition) is 5. The third-order valence-corrected chi connectivity index (χ3v) is 5.54. The van der Waals surface area contributed by atoms with Gasteiger partial charge in [0.15, 0.2) is 11.6 Å². The van der Waals surface area contributed by atoms with Gasteiger partial charge in [0, 0.05) is 30.9 Å². The second-order valence-corrected chi connectivity index (χ2v) is 7.31. The van der Waals surface area contributed by atoms with Crippen LogP contribution in [0, 0.1) is 23.3 Å². The Bertz CT molecular complexity index is 1320. The molecule has 0 aliphatic carbocycles. The third-order valence-electron chi connectivity index (χ3n) is 5.54. The number of rotatable bonds is 3. The first-order valence-corrected chi connectivity index (χ1v) is 9.11. The van der Waals surface area contributed by atoms with E-state index in [-0.39, 0.29) is 12.6 Å². The van der Waals surface area contributed by atoms with E-state index in [1.807, 2.05) is 0 Å². The number of pyridine rings is 1. The highest BCUT2D eigenvalue weighted by Gasteiger charge is 2.38. The fourth-order valence-corrected chi connectivity index (χ4v) is 3.73. The number of aromatic nitrogens is 1. The largest absolute Gasteiger partial charge is 0.477 e. The van der Waals surface area contributed by atoms with Crippen molar-refractivity contribution in [1.82, 2.24) is 4.57 Å². The van der Waals surface area contributed by atoms with Crippen LogP contribution in [0.5, 0.6) is 0 Å². The molecule has 31 heavy (non-hydrogen) atoms. The van der Waals surface area contributed by atoms with Crippen molar-refractivity contribution in [3.05, 3.63) is 63.5 Å². The number of aromatic carboxylic acids is 1. The number of carbonyl (C=O) groups is 1. The number of nitrogens with two attached hydrogens (primary N) is 2. The Morgan fingerprint density at radius 1 is 1.19 bits per heavy atom. The first kappa shape index (κ1) is 20.7. The molecule has 3 aromatic rings. The van der Waals surface area contributed by atoms with Crippen molar-refractivity contribution in [1.29, 1.82) is 0 Å². The number of carboxylic acids is 1. The summed E-state index contributed by atoms with van der Waals surface area (Å²) in [6.45, 7) is 1.73. The average Bonchev–Trinajstić information content (AvgIpc) is 2.71. The molecule has 0 spiro atoms. The van der Waals surface area contributed by atoms with Gasteiger partial charge in [0.2, 0.25) is 5.43 Å². The van der Waals surface area contributed by atoms with E-state index in [0.29, 0.717) is 16.8 Å². The molecule has 0 unspecified atom stereocenters. The molecule has 0 radical (unpaired) electrons. The summed E-state index contributed by atoms with van der Waals surface area (Å²) in [6.07, 6.45) is 0.693. The summed E-state index contributed by atoms with van der Waals surface area (Å²) in [5.41, 5.74) is 7.02. The molecule has 0 bridgehead atoms. The number of nitrogen functional groups attached to an aromatic ring is 1. The van der Waals surface area contributed by atoms with Gasteiger partial charge in [-0.15, -0.1) is 0 Å². The molecule has 2 aromatic carbocycles. The minimum Gasteiger partial charge on any atom is -0.477 e. The molecule has 1 fully saturated rings. The Hall–Kier alpha value is -3.60. The van der Waals surface area contributed by atoms with Crippen LogP contribution in [0.25, 0.3) is 16.6 Å². The highest BCUT2D eigenvalue weighted by Crippen LogP contribution is 2.39. The summed E-state index contributed by atoms with van der Waals surface area (Å²) >= 11 is 0. The molecule has 0 amide bonds. The molecule has 1 aromatic heterocycles. The Morgan fingerprint density at radius 2 is 1.87 bits per heavy atom. The van der Waals surface area contributed by atoms with E-state index >= 15 is 8.78 Å². The molecular formula is C20H16F4N4O3. The van der Waals surface area contributed by atoms with Gasteiger partial charge >= 0.3 is 5.97 Å². The highest BCUT2D eigenvalue weighted by molar-refractivity contribution is 6.00. The van der Waals surface area contributed by atoms with Gasteiger partial charge in [0.25, 0.3) is 0 Å². The van der Waals surface area contributed by atoms with Gasteiger partial charge in [0.1, 0.15) is 22.9 Å². The second kappa shape index (κ2) is 6.98. The number of fused-ring (bicyclic) bond motifs is 1. The molecule has 1 saturated heterocycles. The number of halogens is 4. The van der Waals surface area contributed by atoms with Crippen LogP contribution in [-0.2, 0) is 0 Å². The first-order valence-electron chi connectivity index (χ1n) is 9.11. The maximum Gasteiger partial charge on any atom is 0.341 e. The number of carboxylic acid groups (broad SMARTS) is 1. The molecule has 1 aliphatic heterocycles. The molecule has 1 aliphatic rings. The van der Waals surface area contributed by atoms with Crippen LogP contribution in [0.2, 0.25) is 0 Å². The topological polar surface area (TPSA) is 115 Å². The maximum atomic E-state index is 15.7. The Kier molecular flexibility index (Phi) is 4.65. The predicted octanol–water partition coefficient (Wildman–Crippen LogP) is 2.36. The summed E-state index contributed by atoms with van der Waals surface area (Å²) in [5.74, 6) is -6.31.